The molecule has 0 radical (unpaired) electrons. The molecule has 2 aromatic rings. The van der Waals surface area contributed by atoms with Gasteiger partial charge in [0.1, 0.15) is 4.90 Å². The first-order chi connectivity index (χ1) is 9.81. The van der Waals surface area contributed by atoms with Crippen molar-refractivity contribution < 1.29 is 18.3 Å². The maximum atomic E-state index is 12.4. The fraction of sp³-hybridized carbons (Fsp3) is 0.0714. The van der Waals surface area contributed by atoms with Crippen LogP contribution < -0.4 is 4.72 Å². The first-order valence-electron chi connectivity index (χ1n) is 5.92. The molecule has 0 heterocycles. The van der Waals surface area contributed by atoms with Crippen LogP contribution in [0.1, 0.15) is 15.9 Å². The second-order valence-electron chi connectivity index (χ2n) is 4.37. The predicted octanol–water partition coefficient (Wildman–Crippen LogP) is 3.26. The second-order valence-corrected chi connectivity index (χ2v) is 6.88. The lowest BCUT2D eigenvalue weighted by molar-refractivity contribution is 0.0697. The number of rotatable bonds is 4. The average molecular weight is 370 g/mol. The van der Waals surface area contributed by atoms with Crippen molar-refractivity contribution >= 4 is 37.6 Å². The highest BCUT2D eigenvalue weighted by molar-refractivity contribution is 9.10. The Hall–Kier alpha value is -1.86. The van der Waals surface area contributed by atoms with Crippen LogP contribution in [0.2, 0.25) is 0 Å². The van der Waals surface area contributed by atoms with E-state index in [9.17, 15) is 13.2 Å². The van der Waals surface area contributed by atoms with Gasteiger partial charge in [-0.15, -0.1) is 0 Å². The molecular weight excluding hydrogens is 358 g/mol. The Morgan fingerprint density at radius 1 is 1.19 bits per heavy atom. The van der Waals surface area contributed by atoms with Gasteiger partial charge in [0.05, 0.1) is 11.3 Å². The van der Waals surface area contributed by atoms with Crippen LogP contribution >= 0.6 is 15.9 Å². The monoisotopic (exact) mass is 369 g/mol. The lowest BCUT2D eigenvalue weighted by Crippen LogP contribution is -2.15. The number of sulfonamides is 1. The van der Waals surface area contributed by atoms with Gasteiger partial charge in [0.15, 0.2) is 0 Å². The molecular formula is C14H12BrNO4S. The number of aromatic carboxylic acids is 1. The van der Waals surface area contributed by atoms with Gasteiger partial charge in [-0.05, 0) is 52.7 Å². The van der Waals surface area contributed by atoms with E-state index >= 15 is 0 Å². The standard InChI is InChI=1S/C14H12BrNO4S/c1-9-6-7-10(14(17)18)8-12(9)16-21(19,20)13-5-3-2-4-11(13)15/h2-8,16H,1H3,(H,17,18). The van der Waals surface area contributed by atoms with E-state index in [2.05, 4.69) is 20.7 Å². The maximum Gasteiger partial charge on any atom is 0.335 e. The van der Waals surface area contributed by atoms with Crippen LogP contribution in [0, 0.1) is 6.92 Å². The van der Waals surface area contributed by atoms with Crippen molar-refractivity contribution in [3.63, 3.8) is 0 Å². The maximum absolute atomic E-state index is 12.4. The summed E-state index contributed by atoms with van der Waals surface area (Å²) >= 11 is 3.19. The van der Waals surface area contributed by atoms with Crippen LogP contribution in [-0.2, 0) is 10.0 Å². The third kappa shape index (κ3) is 3.43. The predicted molar refractivity (Wildman–Crippen MR) is 83.1 cm³/mol. The largest absolute Gasteiger partial charge is 0.478 e. The molecule has 0 atom stereocenters. The molecule has 0 amide bonds. The van der Waals surface area contributed by atoms with Crippen LogP contribution in [0.15, 0.2) is 51.8 Å². The quantitative estimate of drug-likeness (QED) is 0.866. The topological polar surface area (TPSA) is 83.5 Å². The smallest absolute Gasteiger partial charge is 0.335 e. The fourth-order valence-electron chi connectivity index (χ4n) is 1.73. The molecule has 110 valence electrons. The Balaban J connectivity index is 2.44. The summed E-state index contributed by atoms with van der Waals surface area (Å²) in [6.45, 7) is 1.70. The Morgan fingerprint density at radius 2 is 1.86 bits per heavy atom. The normalized spacial score (nSPS) is 11.1. The van der Waals surface area contributed by atoms with E-state index in [1.165, 1.54) is 18.2 Å². The number of hydrogen-bond donors (Lipinski definition) is 2. The first kappa shape index (κ1) is 15.5. The van der Waals surface area contributed by atoms with Crippen molar-refractivity contribution in [2.75, 3.05) is 4.72 Å². The summed E-state index contributed by atoms with van der Waals surface area (Å²) in [6, 6.07) is 10.7. The lowest BCUT2D eigenvalue weighted by Gasteiger charge is -2.12. The van der Waals surface area contributed by atoms with E-state index in [-0.39, 0.29) is 16.1 Å². The van der Waals surface area contributed by atoms with E-state index in [0.717, 1.165) is 0 Å². The lowest BCUT2D eigenvalue weighted by atomic mass is 10.1. The van der Waals surface area contributed by atoms with Crippen molar-refractivity contribution in [2.24, 2.45) is 0 Å². The number of anilines is 1. The molecule has 2 N–H and O–H groups in total. The molecule has 21 heavy (non-hydrogen) atoms. The third-order valence-electron chi connectivity index (χ3n) is 2.86. The molecule has 0 aromatic heterocycles. The summed E-state index contributed by atoms with van der Waals surface area (Å²) in [6.07, 6.45) is 0. The van der Waals surface area contributed by atoms with Gasteiger partial charge in [0, 0.05) is 4.47 Å². The van der Waals surface area contributed by atoms with Crippen molar-refractivity contribution in [2.45, 2.75) is 11.8 Å². The number of carbonyl (C=O) groups is 1. The number of benzene rings is 2. The summed E-state index contributed by atoms with van der Waals surface area (Å²) in [5.41, 5.74) is 0.895. The highest BCUT2D eigenvalue weighted by atomic mass is 79.9. The molecule has 0 unspecified atom stereocenters. The minimum absolute atomic E-state index is 0.0189. The summed E-state index contributed by atoms with van der Waals surface area (Å²) < 4.78 is 27.6. The van der Waals surface area contributed by atoms with Crippen LogP contribution in [0.5, 0.6) is 0 Å². The SMILES string of the molecule is Cc1ccc(C(=O)O)cc1NS(=O)(=O)c1ccccc1Br. The van der Waals surface area contributed by atoms with Gasteiger partial charge in [-0.3, -0.25) is 4.72 Å². The van der Waals surface area contributed by atoms with Crippen molar-refractivity contribution in [1.82, 2.24) is 0 Å². The van der Waals surface area contributed by atoms with E-state index in [1.807, 2.05) is 0 Å². The van der Waals surface area contributed by atoms with Crippen LogP contribution in [0.4, 0.5) is 5.69 Å². The molecule has 0 saturated carbocycles. The minimum atomic E-state index is -3.80. The molecule has 7 heteroatoms. The van der Waals surface area contributed by atoms with Gasteiger partial charge in [-0.1, -0.05) is 18.2 Å². The van der Waals surface area contributed by atoms with Gasteiger partial charge in [-0.25, -0.2) is 13.2 Å². The summed E-state index contributed by atoms with van der Waals surface area (Å²) in [7, 11) is -3.80. The zero-order chi connectivity index (χ0) is 15.6. The van der Waals surface area contributed by atoms with E-state index in [4.69, 9.17) is 5.11 Å². The second kappa shape index (κ2) is 5.87. The highest BCUT2D eigenvalue weighted by Gasteiger charge is 2.18. The van der Waals surface area contributed by atoms with Crippen LogP contribution in [0.25, 0.3) is 0 Å². The Bertz CT molecular complexity index is 802. The van der Waals surface area contributed by atoms with Gasteiger partial charge in [0.25, 0.3) is 10.0 Å². The third-order valence-corrected chi connectivity index (χ3v) is 5.23. The first-order valence-corrected chi connectivity index (χ1v) is 8.20. The van der Waals surface area contributed by atoms with E-state index in [0.29, 0.717) is 10.0 Å². The average Bonchev–Trinajstić information content (AvgIpc) is 2.41. The summed E-state index contributed by atoms with van der Waals surface area (Å²) in [5.74, 6) is -1.11. The molecule has 5 nitrogen and oxygen atoms in total. The zero-order valence-corrected chi connectivity index (χ0v) is 13.4. The Labute approximate surface area is 130 Å². The number of carboxylic acid groups (broad SMARTS) is 1. The van der Waals surface area contributed by atoms with Gasteiger partial charge in [-0.2, -0.15) is 0 Å². The van der Waals surface area contributed by atoms with E-state index < -0.39 is 16.0 Å². The van der Waals surface area contributed by atoms with Gasteiger partial charge in [0.2, 0.25) is 0 Å². The molecule has 0 aliphatic heterocycles. The zero-order valence-electron chi connectivity index (χ0n) is 11.0. The summed E-state index contributed by atoms with van der Waals surface area (Å²) in [5, 5.41) is 8.97. The number of hydrogen-bond acceptors (Lipinski definition) is 3. The minimum Gasteiger partial charge on any atom is -0.478 e. The van der Waals surface area contributed by atoms with Crippen LogP contribution in [-0.4, -0.2) is 19.5 Å². The number of halogens is 1. The molecule has 0 bridgehead atoms. The van der Waals surface area contributed by atoms with Crippen molar-refractivity contribution in [1.29, 1.82) is 0 Å². The molecule has 2 aromatic carbocycles. The summed E-state index contributed by atoms with van der Waals surface area (Å²) in [4.78, 5) is 11.1. The molecule has 0 aliphatic carbocycles. The molecule has 2 rings (SSSR count). The van der Waals surface area contributed by atoms with Crippen LogP contribution in [0.3, 0.4) is 0 Å². The van der Waals surface area contributed by atoms with Gasteiger partial charge >= 0.3 is 5.97 Å². The molecule has 0 saturated heterocycles. The highest BCUT2D eigenvalue weighted by Crippen LogP contribution is 2.25. The Kier molecular flexibility index (Phi) is 4.34. The number of carboxylic acids is 1. The molecule has 0 aliphatic rings. The van der Waals surface area contributed by atoms with Crippen molar-refractivity contribution in [3.05, 3.63) is 58.1 Å². The number of aryl methyl sites for hydroxylation is 1. The van der Waals surface area contributed by atoms with Crippen molar-refractivity contribution in [3.8, 4) is 0 Å². The number of nitrogens with one attached hydrogen (secondary N) is 1. The Morgan fingerprint density at radius 3 is 2.48 bits per heavy atom. The fourth-order valence-corrected chi connectivity index (χ4v) is 3.85. The van der Waals surface area contributed by atoms with Gasteiger partial charge < -0.3 is 5.11 Å². The molecule has 0 fully saturated rings. The van der Waals surface area contributed by atoms with E-state index in [1.54, 1.807) is 31.2 Å². The molecule has 0 spiro atoms.